The summed E-state index contributed by atoms with van der Waals surface area (Å²) >= 11 is 2.97. The van der Waals surface area contributed by atoms with Crippen LogP contribution in [0.4, 0.5) is 4.39 Å². The molecule has 6 heteroatoms. The fourth-order valence-corrected chi connectivity index (χ4v) is 3.79. The lowest BCUT2D eigenvalue weighted by atomic mass is 10.0. The molecule has 0 saturated heterocycles. The summed E-state index contributed by atoms with van der Waals surface area (Å²) in [5.74, 6) is 0.541. The number of hydrogen-bond acceptors (Lipinski definition) is 5. The predicted molar refractivity (Wildman–Crippen MR) is 77.9 cm³/mol. The highest BCUT2D eigenvalue weighted by Gasteiger charge is 2.21. The van der Waals surface area contributed by atoms with Crippen molar-refractivity contribution in [1.82, 2.24) is 9.36 Å². The minimum Gasteiger partial charge on any atom is -0.326 e. The summed E-state index contributed by atoms with van der Waals surface area (Å²) in [5.41, 5.74) is 7.21. The van der Waals surface area contributed by atoms with E-state index in [-0.39, 0.29) is 17.1 Å². The van der Waals surface area contributed by atoms with Gasteiger partial charge in [0.25, 0.3) is 0 Å². The summed E-state index contributed by atoms with van der Waals surface area (Å²) in [6.07, 6.45) is 0.854. The van der Waals surface area contributed by atoms with Crippen LogP contribution in [0.3, 0.4) is 0 Å². The largest absolute Gasteiger partial charge is 0.326 e. The van der Waals surface area contributed by atoms with E-state index in [0.29, 0.717) is 0 Å². The Morgan fingerprint density at radius 2 is 2.05 bits per heavy atom. The van der Waals surface area contributed by atoms with Crippen LogP contribution in [0.5, 0.6) is 0 Å². The Labute approximate surface area is 120 Å². The Morgan fingerprint density at radius 3 is 2.58 bits per heavy atom. The SMILES string of the molecule is CCC(N)C(Sc1nc(C)ns1)c1ccc(F)cc1. The van der Waals surface area contributed by atoms with Crippen molar-refractivity contribution in [2.45, 2.75) is 35.9 Å². The van der Waals surface area contributed by atoms with E-state index in [9.17, 15) is 4.39 Å². The van der Waals surface area contributed by atoms with Crippen LogP contribution >= 0.6 is 23.3 Å². The molecule has 0 bridgehead atoms. The van der Waals surface area contributed by atoms with Gasteiger partial charge in [0.1, 0.15) is 11.6 Å². The lowest BCUT2D eigenvalue weighted by molar-refractivity contribution is 0.617. The highest BCUT2D eigenvalue weighted by molar-refractivity contribution is 8.01. The van der Waals surface area contributed by atoms with Crippen molar-refractivity contribution in [3.63, 3.8) is 0 Å². The molecule has 1 aromatic carbocycles. The van der Waals surface area contributed by atoms with E-state index >= 15 is 0 Å². The molecule has 0 amide bonds. The fraction of sp³-hybridized carbons (Fsp3) is 0.385. The number of rotatable bonds is 5. The molecule has 1 aromatic heterocycles. The first-order valence-electron chi connectivity index (χ1n) is 6.08. The summed E-state index contributed by atoms with van der Waals surface area (Å²) in [5, 5.41) is 0.0675. The van der Waals surface area contributed by atoms with Gasteiger partial charge >= 0.3 is 0 Å². The molecule has 19 heavy (non-hydrogen) atoms. The van der Waals surface area contributed by atoms with Crippen molar-refractivity contribution in [3.05, 3.63) is 41.5 Å². The Bertz CT molecular complexity index is 527. The lowest BCUT2D eigenvalue weighted by Crippen LogP contribution is -2.25. The highest BCUT2D eigenvalue weighted by Crippen LogP contribution is 2.38. The molecule has 2 aromatic rings. The van der Waals surface area contributed by atoms with Gasteiger partial charge in [0.2, 0.25) is 0 Å². The Hall–Kier alpha value is -0.980. The molecule has 0 spiro atoms. The number of halogens is 1. The Morgan fingerprint density at radius 1 is 1.37 bits per heavy atom. The van der Waals surface area contributed by atoms with Crippen LogP contribution in [0.2, 0.25) is 0 Å². The van der Waals surface area contributed by atoms with Crippen LogP contribution in [0.15, 0.2) is 28.6 Å². The van der Waals surface area contributed by atoms with Crippen LogP contribution in [-0.4, -0.2) is 15.4 Å². The molecular weight excluding hydrogens is 281 g/mol. The van der Waals surface area contributed by atoms with Gasteiger partial charge in [-0.2, -0.15) is 4.37 Å². The van der Waals surface area contributed by atoms with Crippen molar-refractivity contribution in [3.8, 4) is 0 Å². The minimum atomic E-state index is -0.232. The minimum absolute atomic E-state index is 0.000308. The van der Waals surface area contributed by atoms with Gasteiger partial charge in [0.15, 0.2) is 4.34 Å². The smallest absolute Gasteiger partial charge is 0.170 e. The monoisotopic (exact) mass is 297 g/mol. The van der Waals surface area contributed by atoms with Gasteiger partial charge in [0.05, 0.1) is 5.25 Å². The van der Waals surface area contributed by atoms with Crippen molar-refractivity contribution in [1.29, 1.82) is 0 Å². The van der Waals surface area contributed by atoms with E-state index < -0.39 is 0 Å². The molecule has 0 fully saturated rings. The van der Waals surface area contributed by atoms with Gasteiger partial charge in [-0.15, -0.1) is 0 Å². The maximum absolute atomic E-state index is 13.0. The number of thioether (sulfide) groups is 1. The standard InChI is InChI=1S/C13H16FN3S2/c1-3-11(15)12(9-4-6-10(14)7-5-9)18-13-16-8(2)17-19-13/h4-7,11-12H,3,15H2,1-2H3. The number of aromatic nitrogens is 2. The molecule has 3 nitrogen and oxygen atoms in total. The molecule has 0 aliphatic carbocycles. The number of benzene rings is 1. The normalized spacial score (nSPS) is 14.3. The zero-order valence-corrected chi connectivity index (χ0v) is 12.5. The zero-order valence-electron chi connectivity index (χ0n) is 10.8. The van der Waals surface area contributed by atoms with Crippen LogP contribution in [0.1, 0.15) is 30.0 Å². The van der Waals surface area contributed by atoms with Crippen LogP contribution < -0.4 is 5.73 Å². The topological polar surface area (TPSA) is 51.8 Å². The van der Waals surface area contributed by atoms with Gasteiger partial charge in [0, 0.05) is 6.04 Å². The van der Waals surface area contributed by atoms with E-state index in [1.165, 1.54) is 23.7 Å². The van der Waals surface area contributed by atoms with E-state index in [1.807, 2.05) is 13.8 Å². The zero-order chi connectivity index (χ0) is 13.8. The molecule has 1 heterocycles. The first-order valence-corrected chi connectivity index (χ1v) is 7.73. The quantitative estimate of drug-likeness (QED) is 0.857. The summed E-state index contributed by atoms with van der Waals surface area (Å²) < 4.78 is 18.1. The van der Waals surface area contributed by atoms with Gasteiger partial charge in [-0.05, 0) is 42.6 Å². The third kappa shape index (κ3) is 3.75. The number of aryl methyl sites for hydroxylation is 1. The number of hydrogen-bond donors (Lipinski definition) is 1. The Balaban J connectivity index is 2.23. The van der Waals surface area contributed by atoms with Crippen molar-refractivity contribution >= 4 is 23.3 Å². The summed E-state index contributed by atoms with van der Waals surface area (Å²) in [6.45, 7) is 3.92. The van der Waals surface area contributed by atoms with Gasteiger partial charge in [-0.3, -0.25) is 0 Å². The second kappa shape index (κ2) is 6.45. The first kappa shape index (κ1) is 14.4. The van der Waals surface area contributed by atoms with Crippen molar-refractivity contribution < 1.29 is 4.39 Å². The number of nitrogens with two attached hydrogens (primary N) is 1. The van der Waals surface area contributed by atoms with Gasteiger partial charge in [-0.1, -0.05) is 30.8 Å². The molecule has 0 radical (unpaired) electrons. The third-order valence-electron chi connectivity index (χ3n) is 2.80. The first-order chi connectivity index (χ1) is 9.10. The molecule has 0 aliphatic rings. The fourth-order valence-electron chi connectivity index (χ4n) is 1.70. The molecule has 2 atom stereocenters. The molecule has 102 valence electrons. The molecule has 2 N–H and O–H groups in total. The van der Waals surface area contributed by atoms with Gasteiger partial charge in [-0.25, -0.2) is 9.37 Å². The molecule has 2 unspecified atom stereocenters. The predicted octanol–water partition coefficient (Wildman–Crippen LogP) is 3.56. The maximum Gasteiger partial charge on any atom is 0.170 e. The lowest BCUT2D eigenvalue weighted by Gasteiger charge is -2.21. The third-order valence-corrected chi connectivity index (χ3v) is 5.08. The van der Waals surface area contributed by atoms with Crippen LogP contribution in [-0.2, 0) is 0 Å². The second-order valence-corrected chi connectivity index (χ2v) is 6.41. The summed E-state index contributed by atoms with van der Waals surface area (Å²) in [4.78, 5) is 4.35. The maximum atomic E-state index is 13.0. The van der Waals surface area contributed by atoms with Gasteiger partial charge < -0.3 is 5.73 Å². The molecular formula is C13H16FN3S2. The molecule has 0 saturated carbocycles. The molecule has 2 rings (SSSR count). The van der Waals surface area contributed by atoms with Crippen molar-refractivity contribution in [2.24, 2.45) is 5.73 Å². The average Bonchev–Trinajstić information content (AvgIpc) is 2.82. The number of nitrogens with zero attached hydrogens (tertiary/aromatic N) is 2. The van der Waals surface area contributed by atoms with Crippen molar-refractivity contribution in [2.75, 3.05) is 0 Å². The summed E-state index contributed by atoms with van der Waals surface area (Å²) in [6, 6.07) is 6.51. The Kier molecular flexibility index (Phi) is 4.90. The average molecular weight is 297 g/mol. The summed E-state index contributed by atoms with van der Waals surface area (Å²) in [7, 11) is 0. The van der Waals surface area contributed by atoms with E-state index in [1.54, 1.807) is 23.9 Å². The van der Waals surface area contributed by atoms with E-state index in [2.05, 4.69) is 9.36 Å². The highest BCUT2D eigenvalue weighted by atomic mass is 32.2. The second-order valence-electron chi connectivity index (χ2n) is 4.27. The molecule has 0 aliphatic heterocycles. The van der Waals surface area contributed by atoms with E-state index in [4.69, 9.17) is 5.73 Å². The van der Waals surface area contributed by atoms with Crippen LogP contribution in [0, 0.1) is 12.7 Å². The van der Waals surface area contributed by atoms with E-state index in [0.717, 1.165) is 22.1 Å². The van der Waals surface area contributed by atoms with Crippen LogP contribution in [0.25, 0.3) is 0 Å².